The van der Waals surface area contributed by atoms with Crippen molar-refractivity contribution in [2.45, 2.75) is 0 Å². The van der Waals surface area contributed by atoms with Crippen LogP contribution in [0.2, 0.25) is 0 Å². The van der Waals surface area contributed by atoms with Gasteiger partial charge in [-0.3, -0.25) is 7.06 Å². The minimum absolute atomic E-state index is 1.04. The molecule has 0 aromatic rings. The molecule has 0 aromatic heterocycles. The van der Waals surface area contributed by atoms with Crippen molar-refractivity contribution in [3.8, 4) is 0 Å². The minimum Gasteiger partial charge on any atom is -0.729 e. The maximum absolute atomic E-state index is 7.23. The maximum Gasteiger partial charge on any atom is 0 e. The van der Waals surface area contributed by atoms with E-state index in [9.17, 15) is 0 Å². The highest BCUT2D eigenvalue weighted by Gasteiger charge is 2.68. The fourth-order valence-corrected chi connectivity index (χ4v) is 17.4. The summed E-state index contributed by atoms with van der Waals surface area (Å²) < 4.78 is 0. The maximum atomic E-state index is 7.23. The minimum atomic E-state index is -2.26. The van der Waals surface area contributed by atoms with Gasteiger partial charge in [0.05, 0.1) is 0 Å². The Kier molecular flexibility index (Phi) is 50.8. The molecule has 294 valence electrons. The molecule has 0 aliphatic rings. The van der Waals surface area contributed by atoms with Gasteiger partial charge in [-0.15, -0.1) is 6.39 Å². The molecule has 0 nitrogen and oxygen atoms in total. The van der Waals surface area contributed by atoms with E-state index >= 15 is 0 Å². The predicted octanol–water partition coefficient (Wildman–Crippen LogP) is -36.9. The van der Waals surface area contributed by atoms with Gasteiger partial charge in [-0.25, -0.2) is 0 Å². The molecule has 97 heavy (non-hydrogen) atoms. The van der Waals surface area contributed by atoms with E-state index in [0.717, 1.165) is 7.06 Å². The van der Waals surface area contributed by atoms with E-state index in [2.05, 4.69) is 0 Å². The van der Waals surface area contributed by atoms with Gasteiger partial charge >= 0.3 is 0 Å². The van der Waals surface area contributed by atoms with Gasteiger partial charge in [0, 0.05) is 248 Å². The van der Waals surface area contributed by atoms with Crippen LogP contribution in [0.3, 0.4) is 0 Å². The predicted molar refractivity (Wildman–Crippen MR) is 558 cm³/mol. The lowest BCUT2D eigenvalue weighted by Gasteiger charge is -2.64. The summed E-state index contributed by atoms with van der Waals surface area (Å²) in [4.78, 5) is 0. The van der Waals surface area contributed by atoms with Crippen LogP contribution in [0, 0.1) is 0 Å². The van der Waals surface area contributed by atoms with Crippen LogP contribution >= 0.6 is 0 Å². The lowest BCUT2D eigenvalue weighted by Crippen LogP contribution is -3.01. The summed E-state index contributed by atoms with van der Waals surface area (Å²) in [6.45, 7) is 0. The molecule has 0 rings (SSSR count). The zero-order valence-electron chi connectivity index (χ0n) is 56.0. The van der Waals surface area contributed by atoms with Crippen molar-refractivity contribution in [3.05, 3.63) is 0 Å². The van der Waals surface area contributed by atoms with E-state index in [-0.39, 0.29) is 0 Å². The molecular weight excluding hydrogens is 1050 g/mol. The molecule has 0 bridgehead atoms. The molecule has 0 aromatic carbocycles. The van der Waals surface area contributed by atoms with Gasteiger partial charge in [-0.05, 0) is 396 Å². The first-order chi connectivity index (χ1) is 44.2. The summed E-state index contributed by atoms with van der Waals surface area (Å²) >= 11 is 0. The highest BCUT2D eigenvalue weighted by atomic mass is 13.5. The first kappa shape index (κ1) is 103. The van der Waals surface area contributed by atoms with Crippen LogP contribution in [0.4, 0.5) is 0 Å². The SMILES string of the molecule is [B]B([B])B(B([B])[B])B(B(B([B])[B])B([B])[B])B(B(B(B([B])[B])B([B])[B])B(B([B])[B])B([B])[B])B(B(B(B(B([B])[B])B([B])[B])B(B([B])[B])B([B])[B])B(B(B([B])[B])B([B])[B])B(B([B])[B])B([B])[B])B(B(B(B([B])[B])B([B])[B])B(B([B])[B])B([B])[B])B(B(B([B])[B])B([B])[B])B(B([B])[B])B([B][B-])B([B-])[B-]. The van der Waals surface area contributed by atoms with Gasteiger partial charge in [-0.1, -0.05) is 0 Å². The summed E-state index contributed by atoms with van der Waals surface area (Å²) in [5, 5.41) is 0. The van der Waals surface area contributed by atoms with E-state index in [4.69, 9.17) is 379 Å². The second-order valence-electron chi connectivity index (χ2n) is 27.3. The van der Waals surface area contributed by atoms with E-state index in [1.165, 1.54) is 0 Å². The summed E-state index contributed by atoms with van der Waals surface area (Å²) in [7, 11) is 348. The number of rotatable bonds is 47. The van der Waals surface area contributed by atoms with Crippen molar-refractivity contribution < 1.29 is 0 Å². The highest BCUT2D eigenvalue weighted by Crippen LogP contribution is 2.30. The summed E-state index contributed by atoms with van der Waals surface area (Å²) in [6.07, 6.45) is -87.3. The Bertz CT molecular complexity index is 1610. The van der Waals surface area contributed by atoms with Crippen molar-refractivity contribution >= 4 is 686 Å². The Morgan fingerprint density at radius 3 is 0.258 bits per heavy atom. The number of hydrogen-bond donors (Lipinski definition) is 0. The van der Waals surface area contributed by atoms with Crippen LogP contribution in [0.15, 0.2) is 0 Å². The average molecular weight is 1050 g/mol. The van der Waals surface area contributed by atoms with Crippen LogP contribution in [0.5, 0.6) is 0 Å². The first-order valence-corrected chi connectivity index (χ1v) is 32.0. The fourth-order valence-electron chi connectivity index (χ4n) is 17.4. The molecule has 102 radical (unpaired) electrons. The lowest BCUT2D eigenvalue weighted by molar-refractivity contribution is 3.13. The van der Waals surface area contributed by atoms with Crippen LogP contribution in [-0.4, -0.2) is 686 Å². The lowest BCUT2D eigenvalue weighted by atomic mass is 8.18. The second kappa shape index (κ2) is 47.7. The van der Waals surface area contributed by atoms with Crippen molar-refractivity contribution in [2.24, 2.45) is 0 Å². The molecular formula is B97-3. The van der Waals surface area contributed by atoms with Gasteiger partial charge in [0.2, 0.25) is 0 Å². The topological polar surface area (TPSA) is 0 Å². The molecule has 0 unspecified atom stereocenters. The van der Waals surface area contributed by atoms with E-state index < -0.39 is 300 Å². The smallest absolute Gasteiger partial charge is 0 e. The Morgan fingerprint density at radius 2 is 0.196 bits per heavy atom. The Balaban J connectivity index is 14.4. The molecule has 0 aliphatic heterocycles. The van der Waals surface area contributed by atoms with E-state index in [1.54, 1.807) is 0 Å². The molecule has 0 saturated carbocycles. The third-order valence-electron chi connectivity index (χ3n) is 20.7. The molecule has 0 fully saturated rings. The van der Waals surface area contributed by atoms with Crippen LogP contribution in [-0.2, 0) is 0 Å². The normalized spacial score (nSPS) is 9.85. The molecule has 0 saturated heterocycles. The average Bonchev–Trinajstić information content (AvgIpc) is 3.37. The molecule has 0 aliphatic carbocycles. The standard InChI is InChI=1S/B97/c1-50-75(51(2)3)87(74(48)49)93(86(72(44)45)73(46)47)96(92(84(68(36)37)69(38)39)85(70(40)41)71(42)43)97(94(88(76(52(4)5)53(6)7)77(54(8)9)55(10)11)89(78(56(12)13)57(14)15)79(58(16)17)59(18)19)95(90(80(60(20)21)61(22)23)81(62(24)25)63(26)27)91(82(64(28)29)65(30)31)83(66(32)33)67(34)35/q-3. The van der Waals surface area contributed by atoms with Gasteiger partial charge in [0.25, 0.3) is 0 Å². The van der Waals surface area contributed by atoms with E-state index in [1.807, 2.05) is 0 Å². The summed E-state index contributed by atoms with van der Waals surface area (Å²) in [6, 6.07) is 0. The highest BCUT2D eigenvalue weighted by molar-refractivity contribution is 8.43. The molecule has 0 N–H and O–H groups in total. The Labute approximate surface area is 679 Å². The Morgan fingerprint density at radius 1 is 0.124 bits per heavy atom. The van der Waals surface area contributed by atoms with Gasteiger partial charge in [0.15, 0.2) is 0 Å². The Hall–Kier alpha value is 6.30. The van der Waals surface area contributed by atoms with Crippen molar-refractivity contribution in [2.75, 3.05) is 0 Å². The second-order valence-corrected chi connectivity index (χ2v) is 27.3. The first-order valence-electron chi connectivity index (χ1n) is 32.0. The molecule has 0 spiro atoms. The fraction of sp³-hybridized carbons (Fsp3) is 0. The number of hydrogen-bond acceptors (Lipinski definition) is 0. The molecule has 0 heterocycles. The third kappa shape index (κ3) is 27.8. The molecule has 0 atom stereocenters. The largest absolute Gasteiger partial charge is 0.729 e. The van der Waals surface area contributed by atoms with Crippen molar-refractivity contribution in [1.29, 1.82) is 0 Å². The van der Waals surface area contributed by atoms with Crippen LogP contribution < -0.4 is 0 Å². The van der Waals surface area contributed by atoms with Crippen LogP contribution in [0.25, 0.3) is 0 Å². The zero-order chi connectivity index (χ0) is 76.8. The quantitative estimate of drug-likeness (QED) is 0.0533. The van der Waals surface area contributed by atoms with Gasteiger partial charge < -0.3 is 29.6 Å². The molecule has 97 heteroatoms. The van der Waals surface area contributed by atoms with Crippen LogP contribution in [0.1, 0.15) is 0 Å². The van der Waals surface area contributed by atoms with E-state index in [0.29, 0.717) is 0 Å². The van der Waals surface area contributed by atoms with Gasteiger partial charge in [0.1, 0.15) is 0 Å². The van der Waals surface area contributed by atoms with Crippen molar-refractivity contribution in [3.63, 3.8) is 0 Å². The van der Waals surface area contributed by atoms with Gasteiger partial charge in [-0.2, -0.15) is 0 Å². The third-order valence-corrected chi connectivity index (χ3v) is 20.7. The molecule has 0 amide bonds. The summed E-state index contributed by atoms with van der Waals surface area (Å²) in [5.41, 5.74) is 0. The summed E-state index contributed by atoms with van der Waals surface area (Å²) in [5.74, 6) is 0. The van der Waals surface area contributed by atoms with Crippen molar-refractivity contribution in [1.82, 2.24) is 0 Å². The zero-order valence-corrected chi connectivity index (χ0v) is 56.0. The monoisotopic (exact) mass is 1070 g/mol.